The zero-order valence-corrected chi connectivity index (χ0v) is 17.2. The van der Waals surface area contributed by atoms with Crippen LogP contribution in [0.1, 0.15) is 25.9 Å². The zero-order chi connectivity index (χ0) is 20.2. The van der Waals surface area contributed by atoms with Crippen LogP contribution in [0.4, 0.5) is 5.95 Å². The summed E-state index contributed by atoms with van der Waals surface area (Å²) in [6, 6.07) is 5.55. The molecule has 0 atom stereocenters. The van der Waals surface area contributed by atoms with Crippen LogP contribution in [-0.2, 0) is 11.3 Å². The third kappa shape index (κ3) is 4.41. The summed E-state index contributed by atoms with van der Waals surface area (Å²) < 4.78 is 5.40. The summed E-state index contributed by atoms with van der Waals surface area (Å²) in [5.41, 5.74) is 2.54. The van der Waals surface area contributed by atoms with Crippen LogP contribution in [0, 0.1) is 13.8 Å². The van der Waals surface area contributed by atoms with Crippen molar-refractivity contribution in [1.82, 2.24) is 25.3 Å². The molecule has 29 heavy (non-hydrogen) atoms. The third-order valence-electron chi connectivity index (χ3n) is 4.70. The van der Waals surface area contributed by atoms with Crippen LogP contribution < -0.4 is 10.2 Å². The maximum atomic E-state index is 12.9. The standard InChI is InChI=1S/C20H22N6O2S/c1-13-14(2)29-17(24-13)12-22-19(27)15-11-23-20(26-7-9-28-10-8-26)25-18(15)16-5-3-4-6-21-16/h3-6,11H,7-10,12H2,1-2H3,(H,22,27). The van der Waals surface area contributed by atoms with Crippen molar-refractivity contribution in [2.24, 2.45) is 0 Å². The highest BCUT2D eigenvalue weighted by molar-refractivity contribution is 7.11. The minimum absolute atomic E-state index is 0.246. The summed E-state index contributed by atoms with van der Waals surface area (Å²) in [6.07, 6.45) is 3.27. The van der Waals surface area contributed by atoms with Gasteiger partial charge in [0.2, 0.25) is 5.95 Å². The zero-order valence-electron chi connectivity index (χ0n) is 16.4. The molecule has 0 aliphatic carbocycles. The number of hydrogen-bond acceptors (Lipinski definition) is 8. The first-order valence-electron chi connectivity index (χ1n) is 9.44. The van der Waals surface area contributed by atoms with Crippen LogP contribution in [-0.4, -0.2) is 52.1 Å². The number of nitrogens with one attached hydrogen (secondary N) is 1. The van der Waals surface area contributed by atoms with Crippen LogP contribution >= 0.6 is 11.3 Å². The molecule has 4 rings (SSSR count). The molecule has 1 fully saturated rings. The molecule has 0 unspecified atom stereocenters. The Morgan fingerprint density at radius 1 is 1.21 bits per heavy atom. The lowest BCUT2D eigenvalue weighted by molar-refractivity contribution is 0.0950. The van der Waals surface area contributed by atoms with Gasteiger partial charge in [0.1, 0.15) is 10.7 Å². The number of morpholine rings is 1. The fourth-order valence-corrected chi connectivity index (χ4v) is 3.89. The van der Waals surface area contributed by atoms with Crippen molar-refractivity contribution in [3.05, 3.63) is 51.7 Å². The van der Waals surface area contributed by atoms with Crippen LogP contribution in [0.2, 0.25) is 0 Å². The highest BCUT2D eigenvalue weighted by atomic mass is 32.1. The molecule has 8 nitrogen and oxygen atoms in total. The van der Waals surface area contributed by atoms with Crippen LogP contribution in [0.25, 0.3) is 11.4 Å². The molecule has 1 aliphatic heterocycles. The van der Waals surface area contributed by atoms with Crippen molar-refractivity contribution in [3.8, 4) is 11.4 Å². The monoisotopic (exact) mass is 410 g/mol. The summed E-state index contributed by atoms with van der Waals surface area (Å²) in [4.78, 5) is 34.1. The number of rotatable bonds is 5. The summed E-state index contributed by atoms with van der Waals surface area (Å²) in [5.74, 6) is 0.335. The molecule has 1 aliphatic rings. The predicted molar refractivity (Wildman–Crippen MR) is 111 cm³/mol. The van der Waals surface area contributed by atoms with Gasteiger partial charge in [0, 0.05) is 30.4 Å². The number of carbonyl (C=O) groups is 1. The molecule has 1 saturated heterocycles. The fourth-order valence-electron chi connectivity index (χ4n) is 3.02. The van der Waals surface area contributed by atoms with Gasteiger partial charge in [-0.1, -0.05) is 6.07 Å². The maximum absolute atomic E-state index is 12.9. The quantitative estimate of drug-likeness (QED) is 0.690. The van der Waals surface area contributed by atoms with Gasteiger partial charge in [-0.3, -0.25) is 9.78 Å². The Bertz CT molecular complexity index is 982. The van der Waals surface area contributed by atoms with Crippen LogP contribution in [0.3, 0.4) is 0 Å². The van der Waals surface area contributed by atoms with Gasteiger partial charge in [-0.2, -0.15) is 0 Å². The van der Waals surface area contributed by atoms with E-state index in [1.807, 2.05) is 32.0 Å². The van der Waals surface area contributed by atoms with Crippen molar-refractivity contribution in [1.29, 1.82) is 0 Å². The summed E-state index contributed by atoms with van der Waals surface area (Å²) in [7, 11) is 0. The molecule has 3 aromatic heterocycles. The molecule has 1 amide bonds. The van der Waals surface area contributed by atoms with Crippen LogP contribution in [0.5, 0.6) is 0 Å². The van der Waals surface area contributed by atoms with Crippen molar-refractivity contribution in [2.45, 2.75) is 20.4 Å². The Labute approximate surface area is 173 Å². The number of anilines is 1. The van der Waals surface area contributed by atoms with E-state index in [1.54, 1.807) is 23.7 Å². The van der Waals surface area contributed by atoms with E-state index < -0.39 is 0 Å². The van der Waals surface area contributed by atoms with Gasteiger partial charge in [-0.15, -0.1) is 11.3 Å². The lowest BCUT2D eigenvalue weighted by atomic mass is 10.1. The second-order valence-corrected chi connectivity index (χ2v) is 7.97. The number of aromatic nitrogens is 4. The molecule has 3 aromatic rings. The van der Waals surface area contributed by atoms with Crippen molar-refractivity contribution in [2.75, 3.05) is 31.2 Å². The number of nitrogens with zero attached hydrogens (tertiary/aromatic N) is 5. The van der Waals surface area contributed by atoms with Crippen LogP contribution in [0.15, 0.2) is 30.6 Å². The number of hydrogen-bond donors (Lipinski definition) is 1. The van der Waals surface area contributed by atoms with E-state index in [2.05, 4.69) is 30.2 Å². The predicted octanol–water partition coefficient (Wildman–Crippen LogP) is 2.38. The Hall–Kier alpha value is -2.91. The molecule has 9 heteroatoms. The first kappa shape index (κ1) is 19.4. The number of thiazole rings is 1. The molecule has 150 valence electrons. The highest BCUT2D eigenvalue weighted by Crippen LogP contribution is 2.23. The number of ether oxygens (including phenoxy) is 1. The minimum atomic E-state index is -0.246. The number of pyridine rings is 1. The molecule has 0 radical (unpaired) electrons. The number of carbonyl (C=O) groups excluding carboxylic acids is 1. The first-order chi connectivity index (χ1) is 14.1. The average molecular weight is 411 g/mol. The van der Waals surface area contributed by atoms with Gasteiger partial charge in [-0.05, 0) is 26.0 Å². The van der Waals surface area contributed by atoms with E-state index >= 15 is 0 Å². The Morgan fingerprint density at radius 2 is 2.03 bits per heavy atom. The van der Waals surface area contributed by atoms with E-state index in [9.17, 15) is 4.79 Å². The average Bonchev–Trinajstić information content (AvgIpc) is 3.10. The SMILES string of the molecule is Cc1nc(CNC(=O)c2cnc(N3CCOCC3)nc2-c2ccccn2)sc1C. The minimum Gasteiger partial charge on any atom is -0.378 e. The molecule has 4 heterocycles. The maximum Gasteiger partial charge on any atom is 0.255 e. The number of amides is 1. The Kier molecular flexibility index (Phi) is 5.77. The second kappa shape index (κ2) is 8.62. The van der Waals surface area contributed by atoms with E-state index in [0.717, 1.165) is 28.7 Å². The van der Waals surface area contributed by atoms with Gasteiger partial charge < -0.3 is 15.0 Å². The molecule has 0 saturated carbocycles. The molecular formula is C20H22N6O2S. The lowest BCUT2D eigenvalue weighted by Gasteiger charge is -2.27. The van der Waals surface area contributed by atoms with Crippen molar-refractivity contribution in [3.63, 3.8) is 0 Å². The molecule has 0 aromatic carbocycles. The van der Waals surface area contributed by atoms with E-state index in [-0.39, 0.29) is 5.91 Å². The van der Waals surface area contributed by atoms with Crippen molar-refractivity contribution < 1.29 is 9.53 Å². The fraction of sp³-hybridized carbons (Fsp3) is 0.350. The topological polar surface area (TPSA) is 93.1 Å². The smallest absolute Gasteiger partial charge is 0.255 e. The van der Waals surface area contributed by atoms with Crippen molar-refractivity contribution >= 4 is 23.2 Å². The van der Waals surface area contributed by atoms with E-state index in [0.29, 0.717) is 42.7 Å². The summed E-state index contributed by atoms with van der Waals surface area (Å²) in [5, 5.41) is 3.81. The van der Waals surface area contributed by atoms with Gasteiger partial charge in [-0.25, -0.2) is 15.0 Å². The Morgan fingerprint density at radius 3 is 2.72 bits per heavy atom. The Balaban J connectivity index is 1.61. The summed E-state index contributed by atoms with van der Waals surface area (Å²) >= 11 is 1.59. The third-order valence-corrected chi connectivity index (χ3v) is 5.77. The van der Waals surface area contributed by atoms with Gasteiger partial charge >= 0.3 is 0 Å². The molecular weight excluding hydrogens is 388 g/mol. The molecule has 1 N–H and O–H groups in total. The normalized spacial score (nSPS) is 14.1. The highest BCUT2D eigenvalue weighted by Gasteiger charge is 2.21. The molecule has 0 bridgehead atoms. The molecule has 0 spiro atoms. The van der Waals surface area contributed by atoms with Gasteiger partial charge in [0.15, 0.2) is 0 Å². The van der Waals surface area contributed by atoms with Gasteiger partial charge in [0.25, 0.3) is 5.91 Å². The summed E-state index contributed by atoms with van der Waals surface area (Å²) in [6.45, 7) is 7.06. The first-order valence-corrected chi connectivity index (χ1v) is 10.3. The van der Waals surface area contributed by atoms with E-state index in [4.69, 9.17) is 4.74 Å². The van der Waals surface area contributed by atoms with Gasteiger partial charge in [0.05, 0.1) is 36.7 Å². The largest absolute Gasteiger partial charge is 0.378 e. The van der Waals surface area contributed by atoms with E-state index in [1.165, 1.54) is 0 Å². The lowest BCUT2D eigenvalue weighted by Crippen LogP contribution is -2.37. The number of aryl methyl sites for hydroxylation is 2. The second-order valence-electron chi connectivity index (χ2n) is 6.68.